The summed E-state index contributed by atoms with van der Waals surface area (Å²) in [4.78, 5) is 31.9. The SMILES string of the molecule is Nc1ncnc2c1ncn2[C@@H]1O[C@H](COP(=O)(O)OP(=O)(O)OC[C@H]2O[C@@H]([n+]3cccc(I)c3)[C@H](O)[C@@H]2O)[C@@H](O)[C@H]1O. The van der Waals surface area contributed by atoms with Crippen LogP contribution in [0.3, 0.4) is 0 Å². The Bertz CT molecular complexity index is 1530. The van der Waals surface area contributed by atoms with Gasteiger partial charge in [0.1, 0.15) is 42.4 Å². The molecule has 5 heterocycles. The summed E-state index contributed by atoms with van der Waals surface area (Å²) in [7, 11) is -10.6. The highest BCUT2D eigenvalue weighted by Crippen LogP contribution is 2.60. The van der Waals surface area contributed by atoms with E-state index in [0.717, 1.165) is 9.90 Å². The summed E-state index contributed by atoms with van der Waals surface area (Å²) in [6.45, 7) is -1.67. The summed E-state index contributed by atoms with van der Waals surface area (Å²) < 4.78 is 53.2. The number of phosphoric acid groups is 2. The maximum absolute atomic E-state index is 12.4. The number of nitrogen functional groups attached to an aromatic ring is 1. The van der Waals surface area contributed by atoms with Crippen LogP contribution < -0.4 is 10.3 Å². The van der Waals surface area contributed by atoms with Crippen LogP contribution in [0.5, 0.6) is 0 Å². The summed E-state index contributed by atoms with van der Waals surface area (Å²) in [5.74, 6) is 0.0653. The van der Waals surface area contributed by atoms with Crippen LogP contribution >= 0.6 is 38.2 Å². The first-order valence-corrected chi connectivity index (χ1v) is 16.1. The molecule has 0 aliphatic carbocycles. The van der Waals surface area contributed by atoms with Gasteiger partial charge in [-0.3, -0.25) is 13.6 Å². The average Bonchev–Trinajstić information content (AvgIpc) is 3.56. The Morgan fingerprint density at radius 1 is 0.976 bits per heavy atom. The van der Waals surface area contributed by atoms with Crippen LogP contribution in [0.1, 0.15) is 12.5 Å². The maximum atomic E-state index is 12.4. The van der Waals surface area contributed by atoms with Gasteiger partial charge in [0, 0.05) is 6.07 Å². The van der Waals surface area contributed by atoms with Crippen molar-refractivity contribution in [1.29, 1.82) is 0 Å². The standard InChI is InChI=1S/C20H25IN6O13P2/c21-9-2-1-3-26(4-9)19-15(30)13(28)10(38-19)5-36-41(32,33)40-42(34,35)37-6-11-14(29)16(31)20(39-11)27-8-25-12-17(22)23-7-24-18(12)27/h1-4,7-8,10-11,13-16,19-20,28-31H,5-6H2,(H3-,22,23,24,32,33,34,35)/p+1/t10-,11-,13-,14-,15-,16-,19-,20-/m1/s1. The van der Waals surface area contributed by atoms with E-state index in [0.29, 0.717) is 0 Å². The third-order valence-electron chi connectivity index (χ3n) is 6.43. The molecule has 8 N–H and O–H groups in total. The molecule has 22 heteroatoms. The molecule has 3 aromatic heterocycles. The minimum atomic E-state index is -5.32. The quantitative estimate of drug-likeness (QED) is 0.0705. The van der Waals surface area contributed by atoms with Crippen LogP contribution in [0.2, 0.25) is 0 Å². The van der Waals surface area contributed by atoms with E-state index in [-0.39, 0.29) is 17.0 Å². The third-order valence-corrected chi connectivity index (χ3v) is 9.67. The van der Waals surface area contributed by atoms with Crippen molar-refractivity contribution in [2.45, 2.75) is 49.1 Å². The Morgan fingerprint density at radius 3 is 2.29 bits per heavy atom. The zero-order valence-corrected chi connectivity index (χ0v) is 25.1. The number of phosphoric ester groups is 2. The summed E-state index contributed by atoms with van der Waals surface area (Å²) in [6.07, 6.45) is -5.53. The molecule has 2 saturated heterocycles. The predicted octanol–water partition coefficient (Wildman–Crippen LogP) is -1.51. The number of hydrogen-bond donors (Lipinski definition) is 7. The lowest BCUT2D eigenvalue weighted by molar-refractivity contribution is -0.766. The summed E-state index contributed by atoms with van der Waals surface area (Å²) in [5.41, 5.74) is 6.14. The van der Waals surface area contributed by atoms with Crippen molar-refractivity contribution in [3.63, 3.8) is 0 Å². The van der Waals surface area contributed by atoms with Gasteiger partial charge in [0.15, 0.2) is 36.2 Å². The molecule has 0 amide bonds. The van der Waals surface area contributed by atoms with Crippen LogP contribution in [-0.4, -0.2) is 99.6 Å². The molecule has 0 spiro atoms. The number of aliphatic hydroxyl groups is 4. The molecule has 5 rings (SSSR count). The summed E-state index contributed by atoms with van der Waals surface area (Å²) in [5, 5.41) is 41.6. The van der Waals surface area contributed by atoms with Crippen molar-refractivity contribution in [3.05, 3.63) is 40.8 Å². The zero-order chi connectivity index (χ0) is 30.4. The normalized spacial score (nSPS) is 32.6. The Hall–Kier alpha value is -1.75. The lowest BCUT2D eigenvalue weighted by Crippen LogP contribution is -2.45. The number of imidazole rings is 1. The monoisotopic (exact) mass is 747 g/mol. The fourth-order valence-electron chi connectivity index (χ4n) is 4.40. The lowest BCUT2D eigenvalue weighted by atomic mass is 10.1. The molecule has 230 valence electrons. The Morgan fingerprint density at radius 2 is 1.62 bits per heavy atom. The molecule has 3 aromatic rings. The molecule has 2 aliphatic heterocycles. The number of anilines is 1. The Kier molecular flexibility index (Phi) is 9.30. The molecule has 42 heavy (non-hydrogen) atoms. The van der Waals surface area contributed by atoms with Gasteiger partial charge in [0.05, 0.1) is 23.1 Å². The van der Waals surface area contributed by atoms with E-state index in [1.165, 1.54) is 15.5 Å². The fraction of sp³-hybridized carbons (Fsp3) is 0.500. The van der Waals surface area contributed by atoms with E-state index < -0.39 is 77.9 Å². The van der Waals surface area contributed by atoms with Gasteiger partial charge in [0.25, 0.3) is 6.23 Å². The first-order valence-electron chi connectivity index (χ1n) is 12.0. The molecule has 19 nitrogen and oxygen atoms in total. The molecular weight excluding hydrogens is 721 g/mol. The second-order valence-corrected chi connectivity index (χ2v) is 13.5. The van der Waals surface area contributed by atoms with E-state index in [9.17, 15) is 39.3 Å². The minimum absolute atomic E-state index is 0.0653. The second-order valence-electron chi connectivity index (χ2n) is 9.26. The number of halogens is 1. The van der Waals surface area contributed by atoms with E-state index in [2.05, 4.69) is 19.3 Å². The van der Waals surface area contributed by atoms with Crippen molar-refractivity contribution in [1.82, 2.24) is 19.5 Å². The molecule has 10 atom stereocenters. The number of nitrogens with two attached hydrogens (primary N) is 1. The number of pyridine rings is 1. The fourth-order valence-corrected chi connectivity index (χ4v) is 7.02. The van der Waals surface area contributed by atoms with Gasteiger partial charge < -0.3 is 45.4 Å². The number of aliphatic hydroxyl groups excluding tert-OH is 4. The molecule has 2 fully saturated rings. The van der Waals surface area contributed by atoms with Gasteiger partial charge in [-0.25, -0.2) is 24.1 Å². The number of nitrogens with zero attached hydrogens (tertiary/aromatic N) is 5. The van der Waals surface area contributed by atoms with Gasteiger partial charge >= 0.3 is 15.6 Å². The predicted molar refractivity (Wildman–Crippen MR) is 144 cm³/mol. The number of ether oxygens (including phenoxy) is 2. The third kappa shape index (κ3) is 6.66. The summed E-state index contributed by atoms with van der Waals surface area (Å²) >= 11 is 2.04. The van der Waals surface area contributed by atoms with Gasteiger partial charge in [-0.15, -0.1) is 0 Å². The number of fused-ring (bicyclic) bond motifs is 1. The van der Waals surface area contributed by atoms with Gasteiger partial charge in [-0.05, 0) is 28.7 Å². The largest absolute Gasteiger partial charge is 0.481 e. The first-order chi connectivity index (χ1) is 19.8. The van der Waals surface area contributed by atoms with E-state index >= 15 is 0 Å². The van der Waals surface area contributed by atoms with E-state index in [1.54, 1.807) is 24.5 Å². The molecule has 2 aliphatic rings. The van der Waals surface area contributed by atoms with Crippen LogP contribution in [0.25, 0.3) is 11.2 Å². The minimum Gasteiger partial charge on any atom is -0.387 e. The smallest absolute Gasteiger partial charge is 0.387 e. The van der Waals surface area contributed by atoms with Crippen LogP contribution in [0.4, 0.5) is 5.82 Å². The highest BCUT2D eigenvalue weighted by atomic mass is 127. The van der Waals surface area contributed by atoms with Crippen molar-refractivity contribution < 1.29 is 66.7 Å². The van der Waals surface area contributed by atoms with Crippen molar-refractivity contribution in [2.75, 3.05) is 18.9 Å². The average molecular weight is 747 g/mol. The van der Waals surface area contributed by atoms with E-state index in [1.807, 2.05) is 22.6 Å². The maximum Gasteiger partial charge on any atom is 0.481 e. The first kappa shape index (κ1) is 31.7. The summed E-state index contributed by atoms with van der Waals surface area (Å²) in [6, 6.07) is 3.47. The molecule has 0 aromatic carbocycles. The highest BCUT2D eigenvalue weighted by molar-refractivity contribution is 14.1. The number of rotatable bonds is 10. The van der Waals surface area contributed by atoms with E-state index in [4.69, 9.17) is 24.3 Å². The van der Waals surface area contributed by atoms with Crippen molar-refractivity contribution in [3.8, 4) is 0 Å². The number of hydrogen-bond acceptors (Lipinski definition) is 15. The highest BCUT2D eigenvalue weighted by Gasteiger charge is 2.50. The lowest BCUT2D eigenvalue weighted by Gasteiger charge is -2.20. The molecule has 2 unspecified atom stereocenters. The van der Waals surface area contributed by atoms with Crippen molar-refractivity contribution in [2.24, 2.45) is 0 Å². The van der Waals surface area contributed by atoms with Crippen molar-refractivity contribution >= 4 is 55.2 Å². The van der Waals surface area contributed by atoms with Gasteiger partial charge in [-0.2, -0.15) is 8.88 Å². The Balaban J connectivity index is 1.16. The van der Waals surface area contributed by atoms with Crippen LogP contribution in [0, 0.1) is 3.57 Å². The van der Waals surface area contributed by atoms with Crippen LogP contribution in [-0.2, 0) is 32.0 Å². The molecule has 0 bridgehead atoms. The van der Waals surface area contributed by atoms with Crippen LogP contribution in [0.15, 0.2) is 37.2 Å². The topological polar surface area (TPSA) is 275 Å². The molecular formula is C20H26IN6O13P2+. The molecule has 0 saturated carbocycles. The molecule has 0 radical (unpaired) electrons. The number of aromatic nitrogens is 5. The Labute approximate surface area is 249 Å². The second kappa shape index (κ2) is 12.3. The van der Waals surface area contributed by atoms with Gasteiger partial charge in [-0.1, -0.05) is 0 Å². The van der Waals surface area contributed by atoms with Gasteiger partial charge in [0.2, 0.25) is 0 Å². The zero-order valence-electron chi connectivity index (χ0n) is 21.1.